The fraction of sp³-hybridized carbons (Fsp3) is 0.909. The van der Waals surface area contributed by atoms with E-state index in [4.69, 9.17) is 18.9 Å². The molecule has 0 aromatic carbocycles. The lowest BCUT2D eigenvalue weighted by molar-refractivity contribution is -0.165. The zero-order valence-electron chi connectivity index (χ0n) is 9.79. The van der Waals surface area contributed by atoms with Crippen LogP contribution in [0.2, 0.25) is 0 Å². The summed E-state index contributed by atoms with van der Waals surface area (Å²) >= 11 is 0. The summed E-state index contributed by atoms with van der Waals surface area (Å²) in [7, 11) is 0. The summed E-state index contributed by atoms with van der Waals surface area (Å²) in [5.74, 6) is -0.969. The van der Waals surface area contributed by atoms with Gasteiger partial charge in [0.15, 0.2) is 11.9 Å². The van der Waals surface area contributed by atoms with Crippen molar-refractivity contribution >= 4 is 5.97 Å². The summed E-state index contributed by atoms with van der Waals surface area (Å²) in [5, 5.41) is 10.1. The second-order valence-electron chi connectivity index (χ2n) is 5.16. The fourth-order valence-electron chi connectivity index (χ4n) is 2.63. The Kier molecular flexibility index (Phi) is 2.45. The van der Waals surface area contributed by atoms with Gasteiger partial charge in [-0.2, -0.15) is 0 Å². The SMILES string of the molecule is CC1(C)OC[C@H](C2O[C@@H]3CC(=O)O[C@@H]3C2O)O1. The summed E-state index contributed by atoms with van der Waals surface area (Å²) in [5.41, 5.74) is 0. The third-order valence-electron chi connectivity index (χ3n) is 3.40. The third kappa shape index (κ3) is 1.85. The molecule has 3 heterocycles. The molecular weight excluding hydrogens is 228 g/mol. The maximum absolute atomic E-state index is 11.1. The molecule has 0 spiro atoms. The summed E-state index contributed by atoms with van der Waals surface area (Å²) in [6.07, 6.45) is -2.34. The van der Waals surface area contributed by atoms with Gasteiger partial charge in [-0.1, -0.05) is 0 Å². The van der Waals surface area contributed by atoms with Gasteiger partial charge < -0.3 is 24.1 Å². The van der Waals surface area contributed by atoms with Gasteiger partial charge in [0.25, 0.3) is 0 Å². The van der Waals surface area contributed by atoms with Crippen LogP contribution in [0, 0.1) is 0 Å². The Balaban J connectivity index is 1.69. The van der Waals surface area contributed by atoms with Gasteiger partial charge in [0.2, 0.25) is 0 Å². The van der Waals surface area contributed by atoms with Gasteiger partial charge >= 0.3 is 5.97 Å². The van der Waals surface area contributed by atoms with Gasteiger partial charge in [-0.3, -0.25) is 4.79 Å². The van der Waals surface area contributed by atoms with Crippen LogP contribution in [0.15, 0.2) is 0 Å². The van der Waals surface area contributed by atoms with Crippen molar-refractivity contribution in [3.8, 4) is 0 Å². The van der Waals surface area contributed by atoms with Gasteiger partial charge in [-0.05, 0) is 13.8 Å². The lowest BCUT2D eigenvalue weighted by atomic mass is 10.0. The van der Waals surface area contributed by atoms with E-state index in [1.165, 1.54) is 0 Å². The van der Waals surface area contributed by atoms with Crippen molar-refractivity contribution in [2.45, 2.75) is 56.6 Å². The van der Waals surface area contributed by atoms with Crippen LogP contribution in [0.3, 0.4) is 0 Å². The highest BCUT2D eigenvalue weighted by molar-refractivity contribution is 5.73. The first-order valence-electron chi connectivity index (χ1n) is 5.81. The molecule has 6 nitrogen and oxygen atoms in total. The van der Waals surface area contributed by atoms with E-state index < -0.39 is 24.1 Å². The highest BCUT2D eigenvalue weighted by atomic mass is 16.8. The standard InChI is InChI=1S/C11H16O6/c1-11(2)14-4-6(17-11)10-8(13)9-5(15-10)3-7(12)16-9/h5-6,8-10,13H,3-4H2,1-2H3/t5-,6-,8?,9+,10?/m1/s1. The second-order valence-corrected chi connectivity index (χ2v) is 5.16. The molecule has 3 saturated heterocycles. The van der Waals surface area contributed by atoms with E-state index in [-0.39, 0.29) is 24.6 Å². The van der Waals surface area contributed by atoms with E-state index in [2.05, 4.69) is 0 Å². The average Bonchev–Trinajstić information content (AvgIpc) is 2.83. The Morgan fingerprint density at radius 2 is 2.06 bits per heavy atom. The molecule has 0 aromatic rings. The molecule has 0 bridgehead atoms. The van der Waals surface area contributed by atoms with Crippen molar-refractivity contribution in [1.82, 2.24) is 0 Å². The Labute approximate surface area is 98.8 Å². The lowest BCUT2D eigenvalue weighted by Crippen LogP contribution is -2.41. The number of rotatable bonds is 1. The highest BCUT2D eigenvalue weighted by Gasteiger charge is 2.55. The largest absolute Gasteiger partial charge is 0.457 e. The molecule has 3 rings (SSSR count). The molecule has 0 radical (unpaired) electrons. The van der Waals surface area contributed by atoms with Crippen molar-refractivity contribution in [3.63, 3.8) is 0 Å². The number of carbonyl (C=O) groups is 1. The number of fused-ring (bicyclic) bond motifs is 1. The minimum atomic E-state index is -0.839. The molecule has 17 heavy (non-hydrogen) atoms. The van der Waals surface area contributed by atoms with E-state index >= 15 is 0 Å². The Morgan fingerprint density at radius 1 is 1.29 bits per heavy atom. The first-order chi connectivity index (χ1) is 7.96. The van der Waals surface area contributed by atoms with Gasteiger partial charge in [-0.15, -0.1) is 0 Å². The Bertz CT molecular complexity index is 341. The van der Waals surface area contributed by atoms with E-state index in [0.29, 0.717) is 6.61 Å². The van der Waals surface area contributed by atoms with Crippen LogP contribution in [-0.4, -0.2) is 54.0 Å². The zero-order valence-corrected chi connectivity index (χ0v) is 9.79. The maximum atomic E-state index is 11.1. The normalized spacial score (nSPS) is 48.2. The minimum absolute atomic E-state index is 0.204. The van der Waals surface area contributed by atoms with Gasteiger partial charge in [0.1, 0.15) is 24.4 Å². The number of hydrogen-bond donors (Lipinski definition) is 1. The topological polar surface area (TPSA) is 74.2 Å². The number of aliphatic hydroxyl groups is 1. The van der Waals surface area contributed by atoms with Crippen LogP contribution in [0.4, 0.5) is 0 Å². The minimum Gasteiger partial charge on any atom is -0.457 e. The molecule has 3 fully saturated rings. The molecule has 6 heteroatoms. The molecule has 0 aromatic heterocycles. The fourth-order valence-corrected chi connectivity index (χ4v) is 2.63. The zero-order chi connectivity index (χ0) is 12.2. The number of aliphatic hydroxyl groups excluding tert-OH is 1. The second kappa shape index (κ2) is 3.65. The summed E-state index contributed by atoms with van der Waals surface area (Å²) in [4.78, 5) is 11.1. The monoisotopic (exact) mass is 244 g/mol. The molecule has 5 atom stereocenters. The number of esters is 1. The van der Waals surface area contributed by atoms with Gasteiger partial charge in [0, 0.05) is 0 Å². The smallest absolute Gasteiger partial charge is 0.309 e. The predicted molar refractivity (Wildman–Crippen MR) is 54.1 cm³/mol. The van der Waals surface area contributed by atoms with E-state index in [9.17, 15) is 9.90 Å². The van der Waals surface area contributed by atoms with Crippen molar-refractivity contribution in [2.24, 2.45) is 0 Å². The predicted octanol–water partition coefficient (Wildman–Crippen LogP) is -0.418. The van der Waals surface area contributed by atoms with E-state index in [1.807, 2.05) is 13.8 Å². The molecule has 96 valence electrons. The van der Waals surface area contributed by atoms with E-state index in [1.54, 1.807) is 0 Å². The molecule has 3 aliphatic rings. The summed E-state index contributed by atoms with van der Waals surface area (Å²) < 4.78 is 21.8. The summed E-state index contributed by atoms with van der Waals surface area (Å²) in [6.45, 7) is 4.01. The molecule has 3 aliphatic heterocycles. The molecule has 1 N–H and O–H groups in total. The maximum Gasteiger partial charge on any atom is 0.309 e. The molecule has 0 saturated carbocycles. The number of ether oxygens (including phenoxy) is 4. The van der Waals surface area contributed by atoms with Crippen molar-refractivity contribution in [2.75, 3.05) is 6.61 Å². The van der Waals surface area contributed by atoms with Crippen molar-refractivity contribution < 1.29 is 28.8 Å². The lowest BCUT2D eigenvalue weighted by Gasteiger charge is -2.23. The summed E-state index contributed by atoms with van der Waals surface area (Å²) in [6, 6.07) is 0. The van der Waals surface area contributed by atoms with Crippen LogP contribution in [0.5, 0.6) is 0 Å². The van der Waals surface area contributed by atoms with Crippen LogP contribution in [0.25, 0.3) is 0 Å². The van der Waals surface area contributed by atoms with E-state index in [0.717, 1.165) is 0 Å². The Hall–Kier alpha value is -0.690. The van der Waals surface area contributed by atoms with Gasteiger partial charge in [-0.25, -0.2) is 0 Å². The molecule has 0 aliphatic carbocycles. The first-order valence-corrected chi connectivity index (χ1v) is 5.81. The third-order valence-corrected chi connectivity index (χ3v) is 3.40. The van der Waals surface area contributed by atoms with Gasteiger partial charge in [0.05, 0.1) is 13.0 Å². The van der Waals surface area contributed by atoms with Crippen LogP contribution in [0.1, 0.15) is 20.3 Å². The molecule has 2 unspecified atom stereocenters. The van der Waals surface area contributed by atoms with Crippen molar-refractivity contribution in [1.29, 1.82) is 0 Å². The van der Waals surface area contributed by atoms with Crippen LogP contribution in [-0.2, 0) is 23.7 Å². The Morgan fingerprint density at radius 3 is 2.65 bits per heavy atom. The number of carbonyl (C=O) groups excluding carboxylic acids is 1. The average molecular weight is 244 g/mol. The molecule has 0 amide bonds. The number of hydrogen-bond acceptors (Lipinski definition) is 6. The van der Waals surface area contributed by atoms with Crippen molar-refractivity contribution in [3.05, 3.63) is 0 Å². The first kappa shape index (κ1) is 11.4. The molecular formula is C11H16O6. The quantitative estimate of drug-likeness (QED) is 0.632. The van der Waals surface area contributed by atoms with Crippen LogP contribution >= 0.6 is 0 Å². The highest BCUT2D eigenvalue weighted by Crippen LogP contribution is 2.36. The van der Waals surface area contributed by atoms with Crippen LogP contribution < -0.4 is 0 Å².